The number of esters is 2. The number of hydrogen-bond acceptors (Lipinski definition) is 8. The van der Waals surface area contributed by atoms with Crippen molar-refractivity contribution in [2.75, 3.05) is 47.5 Å². The molecule has 0 rings (SSSR count). The molecule has 0 aliphatic heterocycles. The SMILES string of the molecule is CC/C=C\C/C=C\C/C=C\C/C=C\CCCCCCCCCCCCC(=O)OC(COC(=O)CCCCCCCC/C=C\C/C=C\C/C=C\CCCCCCC)COC(OCC[N+](C)(C)C)C(=O)[O-]. The molecule has 2 atom stereocenters. The highest BCUT2D eigenvalue weighted by molar-refractivity contribution is 5.70. The number of quaternary nitrogens is 1. The number of ether oxygens (including phenoxy) is 4. The maximum atomic E-state index is 12.8. The summed E-state index contributed by atoms with van der Waals surface area (Å²) >= 11 is 0. The number of carboxylic acids is 1. The van der Waals surface area contributed by atoms with Gasteiger partial charge < -0.3 is 33.3 Å². The third kappa shape index (κ3) is 52.1. The summed E-state index contributed by atoms with van der Waals surface area (Å²) in [4.78, 5) is 37.3. The molecule has 0 amide bonds. The number of nitrogens with zero attached hydrogens (tertiary/aromatic N) is 1. The molecule has 0 fully saturated rings. The summed E-state index contributed by atoms with van der Waals surface area (Å²) in [6, 6.07) is 0. The van der Waals surface area contributed by atoms with Crippen molar-refractivity contribution in [2.24, 2.45) is 0 Å². The van der Waals surface area contributed by atoms with Gasteiger partial charge in [0.25, 0.3) is 0 Å². The van der Waals surface area contributed by atoms with Crippen LogP contribution >= 0.6 is 0 Å². The Morgan fingerprint density at radius 2 is 0.826 bits per heavy atom. The van der Waals surface area contributed by atoms with E-state index in [-0.39, 0.29) is 38.6 Å². The third-order valence-electron chi connectivity index (χ3n) is 11.6. The van der Waals surface area contributed by atoms with Crippen LogP contribution in [0.2, 0.25) is 0 Å². The topological polar surface area (TPSA) is 111 Å². The minimum absolute atomic E-state index is 0.140. The molecule has 0 spiro atoms. The van der Waals surface area contributed by atoms with Crippen molar-refractivity contribution in [3.05, 3.63) is 85.1 Å². The molecule has 0 aliphatic carbocycles. The first-order chi connectivity index (χ1) is 33.6. The number of allylic oxidation sites excluding steroid dienone is 14. The fourth-order valence-electron chi connectivity index (χ4n) is 7.36. The van der Waals surface area contributed by atoms with E-state index in [1.807, 2.05) is 21.1 Å². The molecule has 0 aliphatic rings. The van der Waals surface area contributed by atoms with Crippen LogP contribution in [-0.2, 0) is 33.3 Å². The Bertz CT molecular complexity index is 1400. The summed E-state index contributed by atoms with van der Waals surface area (Å²) in [6.45, 7) is 4.60. The highest BCUT2D eigenvalue weighted by Gasteiger charge is 2.22. The number of aliphatic carboxylic acids is 1. The van der Waals surface area contributed by atoms with Gasteiger partial charge in [0.2, 0.25) is 0 Å². The number of unbranched alkanes of at least 4 members (excludes halogenated alkanes) is 21. The van der Waals surface area contributed by atoms with E-state index in [1.165, 1.54) is 89.9 Å². The normalized spacial score (nSPS) is 13.5. The summed E-state index contributed by atoms with van der Waals surface area (Å²) < 4.78 is 22.7. The third-order valence-corrected chi connectivity index (χ3v) is 11.6. The number of carboxylic acid groups (broad SMARTS) is 1. The van der Waals surface area contributed by atoms with Gasteiger partial charge in [-0.3, -0.25) is 9.59 Å². The van der Waals surface area contributed by atoms with Crippen molar-refractivity contribution in [1.29, 1.82) is 0 Å². The lowest BCUT2D eigenvalue weighted by atomic mass is 10.0. The van der Waals surface area contributed by atoms with Gasteiger partial charge in [-0.25, -0.2) is 0 Å². The molecule has 0 heterocycles. The Balaban J connectivity index is 4.34. The van der Waals surface area contributed by atoms with Gasteiger partial charge in [-0.15, -0.1) is 0 Å². The maximum absolute atomic E-state index is 12.8. The second-order valence-corrected chi connectivity index (χ2v) is 19.5. The zero-order valence-corrected chi connectivity index (χ0v) is 44.9. The van der Waals surface area contributed by atoms with Gasteiger partial charge in [0.1, 0.15) is 13.2 Å². The molecule has 0 aromatic carbocycles. The van der Waals surface area contributed by atoms with Crippen molar-refractivity contribution < 1.29 is 42.9 Å². The second kappa shape index (κ2) is 50.8. The molecule has 69 heavy (non-hydrogen) atoms. The van der Waals surface area contributed by atoms with E-state index in [2.05, 4.69) is 98.9 Å². The van der Waals surface area contributed by atoms with Crippen LogP contribution in [0.1, 0.15) is 219 Å². The zero-order valence-electron chi connectivity index (χ0n) is 44.9. The molecule has 9 heteroatoms. The maximum Gasteiger partial charge on any atom is 0.306 e. The van der Waals surface area contributed by atoms with E-state index in [9.17, 15) is 19.5 Å². The first-order valence-corrected chi connectivity index (χ1v) is 27.7. The van der Waals surface area contributed by atoms with Gasteiger partial charge >= 0.3 is 11.9 Å². The smallest absolute Gasteiger partial charge is 0.306 e. The molecule has 0 N–H and O–H groups in total. The number of rotatable bonds is 50. The molecule has 0 aromatic heterocycles. The van der Waals surface area contributed by atoms with Crippen molar-refractivity contribution in [3.63, 3.8) is 0 Å². The lowest BCUT2D eigenvalue weighted by molar-refractivity contribution is -0.870. The number of carbonyl (C=O) groups is 3. The predicted octanol–water partition coefficient (Wildman–Crippen LogP) is 14.7. The average molecular weight is 966 g/mol. The minimum Gasteiger partial charge on any atom is -0.545 e. The van der Waals surface area contributed by atoms with Crippen molar-refractivity contribution in [2.45, 2.75) is 232 Å². The Hall–Kier alpha value is -3.53. The standard InChI is InChI=1S/C60H103NO8/c1-6-8-10-12-14-16-18-20-22-24-26-28-29-31-33-35-37-39-41-43-45-47-49-51-58(63)69-56(55-68-60(59(64)65)66-53-52-61(3,4)5)54-67-57(62)50-48-46-44-42-40-38-36-34-32-30-27-25-23-21-19-17-15-13-11-9-7-2/h8,10,14,16,19-22,25-28,32,34,56,60H,6-7,9,11-13,15,17-18,23-24,29-31,33,35-55H2,1-5H3/b10-8-,16-14-,21-19-,22-20-,27-25-,28-26-,34-32-. The van der Waals surface area contributed by atoms with Gasteiger partial charge in [-0.1, -0.05) is 202 Å². The van der Waals surface area contributed by atoms with Crippen LogP contribution in [0.3, 0.4) is 0 Å². The predicted molar refractivity (Wildman–Crippen MR) is 288 cm³/mol. The summed E-state index contributed by atoms with van der Waals surface area (Å²) in [7, 11) is 5.91. The summed E-state index contributed by atoms with van der Waals surface area (Å²) in [6.07, 6.45) is 63.3. The van der Waals surface area contributed by atoms with Crippen molar-refractivity contribution >= 4 is 17.9 Å². The molecule has 2 unspecified atom stereocenters. The van der Waals surface area contributed by atoms with Gasteiger partial charge in [-0.05, 0) is 89.9 Å². The molecule has 0 saturated carbocycles. The van der Waals surface area contributed by atoms with Gasteiger partial charge in [-0.2, -0.15) is 0 Å². The van der Waals surface area contributed by atoms with Crippen LogP contribution in [-0.4, -0.2) is 82.3 Å². The Morgan fingerprint density at radius 3 is 1.23 bits per heavy atom. The summed E-state index contributed by atoms with van der Waals surface area (Å²) in [5.74, 6) is -2.31. The molecular formula is C60H103NO8. The van der Waals surface area contributed by atoms with E-state index in [1.54, 1.807) is 0 Å². The average Bonchev–Trinajstić information content (AvgIpc) is 3.31. The van der Waals surface area contributed by atoms with Crippen molar-refractivity contribution in [3.8, 4) is 0 Å². The Labute approximate surface area is 423 Å². The van der Waals surface area contributed by atoms with E-state index in [0.29, 0.717) is 17.4 Å². The van der Waals surface area contributed by atoms with Gasteiger partial charge in [0.05, 0.1) is 40.3 Å². The quantitative estimate of drug-likeness (QED) is 0.0195. The highest BCUT2D eigenvalue weighted by Crippen LogP contribution is 2.15. The second-order valence-electron chi connectivity index (χ2n) is 19.5. The van der Waals surface area contributed by atoms with E-state index in [4.69, 9.17) is 18.9 Å². The first-order valence-electron chi connectivity index (χ1n) is 27.7. The van der Waals surface area contributed by atoms with Crippen LogP contribution in [0, 0.1) is 0 Å². The fourth-order valence-corrected chi connectivity index (χ4v) is 7.36. The van der Waals surface area contributed by atoms with Gasteiger partial charge in [0, 0.05) is 12.8 Å². The fraction of sp³-hybridized carbons (Fsp3) is 0.717. The van der Waals surface area contributed by atoms with Gasteiger partial charge in [0.15, 0.2) is 12.4 Å². The van der Waals surface area contributed by atoms with Crippen LogP contribution in [0.15, 0.2) is 85.1 Å². The Kier molecular flexibility index (Phi) is 48.2. The minimum atomic E-state index is -1.63. The Morgan fingerprint density at radius 1 is 0.449 bits per heavy atom. The van der Waals surface area contributed by atoms with Crippen LogP contribution < -0.4 is 5.11 Å². The lowest BCUT2D eigenvalue weighted by Crippen LogP contribution is -2.44. The van der Waals surface area contributed by atoms with Crippen LogP contribution in [0.5, 0.6) is 0 Å². The number of likely N-dealkylation sites (N-methyl/N-ethyl adjacent to an activating group) is 1. The number of hydrogen-bond donors (Lipinski definition) is 0. The largest absolute Gasteiger partial charge is 0.545 e. The summed E-state index contributed by atoms with van der Waals surface area (Å²) in [5.41, 5.74) is 0. The first kappa shape index (κ1) is 65.5. The molecule has 396 valence electrons. The van der Waals surface area contributed by atoms with Crippen LogP contribution in [0.4, 0.5) is 0 Å². The zero-order chi connectivity index (χ0) is 50.6. The molecular weight excluding hydrogens is 863 g/mol. The molecule has 0 aromatic rings. The van der Waals surface area contributed by atoms with E-state index < -0.39 is 24.3 Å². The van der Waals surface area contributed by atoms with E-state index >= 15 is 0 Å². The lowest BCUT2D eigenvalue weighted by Gasteiger charge is -2.26. The molecule has 0 radical (unpaired) electrons. The molecule has 0 bridgehead atoms. The highest BCUT2D eigenvalue weighted by atomic mass is 16.7. The van der Waals surface area contributed by atoms with Crippen molar-refractivity contribution in [1.82, 2.24) is 0 Å². The number of carbonyl (C=O) groups excluding carboxylic acids is 3. The van der Waals surface area contributed by atoms with E-state index in [0.717, 1.165) is 96.3 Å². The molecule has 9 nitrogen and oxygen atoms in total. The monoisotopic (exact) mass is 966 g/mol. The summed E-state index contributed by atoms with van der Waals surface area (Å²) in [5, 5.41) is 11.8. The van der Waals surface area contributed by atoms with Crippen LogP contribution in [0.25, 0.3) is 0 Å². The molecule has 0 saturated heterocycles.